The van der Waals surface area contributed by atoms with E-state index in [1.807, 2.05) is 0 Å². The van der Waals surface area contributed by atoms with Gasteiger partial charge >= 0.3 is 11.9 Å². The van der Waals surface area contributed by atoms with E-state index in [-0.39, 0.29) is 48.6 Å². The van der Waals surface area contributed by atoms with Crippen molar-refractivity contribution in [3.05, 3.63) is 0 Å². The highest BCUT2D eigenvalue weighted by Crippen LogP contribution is 2.29. The molecule has 0 bridgehead atoms. The summed E-state index contributed by atoms with van der Waals surface area (Å²) in [6.45, 7) is 1.40. The smallest absolute Gasteiger partial charge is 0.308 e. The molecule has 6 nitrogen and oxygen atoms in total. The number of carbonyl (C=O) groups is 2. The van der Waals surface area contributed by atoms with E-state index in [0.717, 1.165) is 38.5 Å². The van der Waals surface area contributed by atoms with Crippen LogP contribution >= 0.6 is 24.8 Å². The highest BCUT2D eigenvalue weighted by atomic mass is 35.5. The number of carbonyl (C=O) groups excluding carboxylic acids is 2. The Labute approximate surface area is 169 Å². The van der Waals surface area contributed by atoms with Crippen molar-refractivity contribution in [1.29, 1.82) is 0 Å². The summed E-state index contributed by atoms with van der Waals surface area (Å²) in [5.74, 6) is 1.15. The van der Waals surface area contributed by atoms with E-state index in [2.05, 4.69) is 0 Å². The van der Waals surface area contributed by atoms with Crippen LogP contribution in [0.4, 0.5) is 0 Å². The molecule has 0 radical (unpaired) electrons. The van der Waals surface area contributed by atoms with Crippen LogP contribution in [0.3, 0.4) is 0 Å². The lowest BCUT2D eigenvalue weighted by atomic mass is 9.81. The Balaban J connectivity index is 0. The van der Waals surface area contributed by atoms with Gasteiger partial charge < -0.3 is 20.9 Å². The summed E-state index contributed by atoms with van der Waals surface area (Å²) in [6, 6.07) is 0. The molecule has 0 aromatic heterocycles. The van der Waals surface area contributed by atoms with Crippen LogP contribution < -0.4 is 11.5 Å². The van der Waals surface area contributed by atoms with Crippen LogP contribution in [0.1, 0.15) is 51.4 Å². The van der Waals surface area contributed by atoms with Crippen molar-refractivity contribution >= 4 is 36.8 Å². The van der Waals surface area contributed by atoms with Gasteiger partial charge in [0.2, 0.25) is 0 Å². The molecule has 0 aromatic carbocycles. The van der Waals surface area contributed by atoms with Crippen molar-refractivity contribution in [2.24, 2.45) is 35.1 Å². The molecular weight excluding hydrogens is 379 g/mol. The van der Waals surface area contributed by atoms with Gasteiger partial charge in [0.15, 0.2) is 0 Å². The summed E-state index contributed by atoms with van der Waals surface area (Å²) in [5, 5.41) is 0. The Bertz CT molecular complexity index is 363. The Kier molecular flexibility index (Phi) is 16.5. The first kappa shape index (κ1) is 27.7. The van der Waals surface area contributed by atoms with Crippen molar-refractivity contribution in [3.63, 3.8) is 0 Å². The summed E-state index contributed by atoms with van der Waals surface area (Å²) >= 11 is 0. The summed E-state index contributed by atoms with van der Waals surface area (Å²) in [5.41, 5.74) is 11.1. The molecule has 0 amide bonds. The zero-order valence-corrected chi connectivity index (χ0v) is 17.6. The summed E-state index contributed by atoms with van der Waals surface area (Å²) < 4.78 is 9.41. The molecular formula is C18H36Cl2N2O4. The maximum Gasteiger partial charge on any atom is 0.308 e. The third-order valence-corrected chi connectivity index (χ3v) is 5.30. The van der Waals surface area contributed by atoms with Gasteiger partial charge in [0.1, 0.15) is 0 Å². The molecule has 0 unspecified atom stereocenters. The molecule has 0 aliphatic heterocycles. The first-order valence-electron chi connectivity index (χ1n) is 9.11. The zero-order chi connectivity index (χ0) is 17.9. The summed E-state index contributed by atoms with van der Waals surface area (Å²) in [4.78, 5) is 22.3. The lowest BCUT2D eigenvalue weighted by molar-refractivity contribution is -0.147. The van der Waals surface area contributed by atoms with Crippen LogP contribution in [0.5, 0.6) is 0 Å². The number of ether oxygens (including phenoxy) is 2. The number of esters is 2. The molecule has 4 atom stereocenters. The van der Waals surface area contributed by atoms with Gasteiger partial charge in [0, 0.05) is 0 Å². The topological polar surface area (TPSA) is 105 Å². The van der Waals surface area contributed by atoms with Crippen LogP contribution in [-0.4, -0.2) is 39.2 Å². The first-order valence-corrected chi connectivity index (χ1v) is 9.11. The van der Waals surface area contributed by atoms with Gasteiger partial charge in [-0.25, -0.2) is 0 Å². The Morgan fingerprint density at radius 3 is 1.38 bits per heavy atom. The lowest BCUT2D eigenvalue weighted by Gasteiger charge is -2.26. The van der Waals surface area contributed by atoms with Crippen LogP contribution in [0, 0.1) is 23.7 Å². The van der Waals surface area contributed by atoms with Gasteiger partial charge in [-0.3, -0.25) is 9.59 Å². The lowest BCUT2D eigenvalue weighted by Crippen LogP contribution is -2.27. The first-order chi connectivity index (χ1) is 11.5. The fraction of sp³-hybridized carbons (Fsp3) is 0.889. The van der Waals surface area contributed by atoms with E-state index in [1.54, 1.807) is 0 Å². The van der Waals surface area contributed by atoms with E-state index in [9.17, 15) is 9.59 Å². The van der Waals surface area contributed by atoms with Crippen LogP contribution in [0.25, 0.3) is 0 Å². The van der Waals surface area contributed by atoms with Crippen LogP contribution in [-0.2, 0) is 19.1 Å². The second-order valence-electron chi connectivity index (χ2n) is 6.98. The molecule has 4 N–H and O–H groups in total. The Morgan fingerprint density at radius 2 is 1.12 bits per heavy atom. The zero-order valence-electron chi connectivity index (χ0n) is 16.0. The molecule has 0 aromatic rings. The number of hydrogen-bond donors (Lipinski definition) is 2. The predicted octanol–water partition coefficient (Wildman–Crippen LogP) is 2.69. The average molecular weight is 415 g/mol. The van der Waals surface area contributed by atoms with Crippen molar-refractivity contribution in [3.8, 4) is 0 Å². The predicted molar refractivity (Wildman–Crippen MR) is 108 cm³/mol. The fourth-order valence-electron chi connectivity index (χ4n) is 3.77. The number of rotatable bonds is 4. The van der Waals surface area contributed by atoms with E-state index in [1.165, 1.54) is 27.1 Å². The van der Waals surface area contributed by atoms with E-state index in [4.69, 9.17) is 20.9 Å². The van der Waals surface area contributed by atoms with Gasteiger partial charge in [-0.1, -0.05) is 12.8 Å². The maximum absolute atomic E-state index is 11.2. The van der Waals surface area contributed by atoms with Crippen molar-refractivity contribution < 1.29 is 19.1 Å². The molecule has 156 valence electrons. The number of hydrogen-bond acceptors (Lipinski definition) is 6. The molecule has 0 spiro atoms. The molecule has 26 heavy (non-hydrogen) atoms. The number of methoxy groups -OCH3 is 2. The standard InChI is InChI=1S/2C9H17NO2.2ClH/c2*1-12-9(11)8-4-2-3-7(5-8)6-10;;/h2*7-8H,2-6,10H2,1H3;2*1H/t2*7-,8+;;/m10../s1. The minimum Gasteiger partial charge on any atom is -0.469 e. The third-order valence-electron chi connectivity index (χ3n) is 5.30. The van der Waals surface area contributed by atoms with Crippen molar-refractivity contribution in [1.82, 2.24) is 0 Å². The van der Waals surface area contributed by atoms with Crippen molar-refractivity contribution in [2.45, 2.75) is 51.4 Å². The van der Waals surface area contributed by atoms with Crippen molar-refractivity contribution in [2.75, 3.05) is 27.3 Å². The Morgan fingerprint density at radius 1 is 0.769 bits per heavy atom. The van der Waals surface area contributed by atoms with E-state index < -0.39 is 0 Å². The molecule has 2 saturated carbocycles. The van der Waals surface area contributed by atoms with Crippen LogP contribution in [0.2, 0.25) is 0 Å². The van der Waals surface area contributed by atoms with Gasteiger partial charge in [0.25, 0.3) is 0 Å². The van der Waals surface area contributed by atoms with Gasteiger partial charge in [0.05, 0.1) is 26.1 Å². The summed E-state index contributed by atoms with van der Waals surface area (Å²) in [7, 11) is 2.91. The molecule has 2 rings (SSSR count). The third kappa shape index (κ3) is 9.40. The minimum atomic E-state index is -0.0619. The number of nitrogens with two attached hydrogens (primary N) is 2. The van der Waals surface area contributed by atoms with Gasteiger partial charge in [-0.05, 0) is 63.5 Å². The highest BCUT2D eigenvalue weighted by Gasteiger charge is 2.27. The average Bonchev–Trinajstić information content (AvgIpc) is 2.67. The molecule has 0 saturated heterocycles. The minimum absolute atomic E-state index is 0. The molecule has 2 aliphatic carbocycles. The summed E-state index contributed by atoms with van der Waals surface area (Å²) in [6.07, 6.45) is 8.36. The fourth-order valence-corrected chi connectivity index (χ4v) is 3.77. The molecule has 2 fully saturated rings. The largest absolute Gasteiger partial charge is 0.469 e. The van der Waals surface area contributed by atoms with E-state index in [0.29, 0.717) is 24.9 Å². The molecule has 0 heterocycles. The normalized spacial score (nSPS) is 27.5. The second kappa shape index (κ2) is 15.5. The monoisotopic (exact) mass is 414 g/mol. The Hall–Kier alpha value is -0.560. The molecule has 8 heteroatoms. The van der Waals surface area contributed by atoms with Gasteiger partial charge in [-0.15, -0.1) is 24.8 Å². The maximum atomic E-state index is 11.2. The quantitative estimate of drug-likeness (QED) is 0.684. The van der Waals surface area contributed by atoms with E-state index >= 15 is 0 Å². The molecule has 2 aliphatic rings. The van der Waals surface area contributed by atoms with Crippen LogP contribution in [0.15, 0.2) is 0 Å². The number of halogens is 2. The second-order valence-corrected chi connectivity index (χ2v) is 6.98. The highest BCUT2D eigenvalue weighted by molar-refractivity contribution is 5.85. The van der Waals surface area contributed by atoms with Gasteiger partial charge in [-0.2, -0.15) is 0 Å². The SMILES string of the molecule is COC(=O)[C@@H]1CCC[C@H](CN)C1.COC(=O)[C@H]1CCC[C@@H](CN)C1.Cl.Cl.